The zero-order chi connectivity index (χ0) is 36.0. The number of rotatable bonds is 6. The maximum Gasteiger partial charge on any atom is -0.00992 e. The van der Waals surface area contributed by atoms with Crippen molar-refractivity contribution in [2.75, 3.05) is 0 Å². The zero-order valence-electron chi connectivity index (χ0n) is 30.7. The number of hydrogen-bond acceptors (Lipinski definition) is 0. The quantitative estimate of drug-likeness (QED) is 0.120. The number of hydrogen-bond donors (Lipinski definition) is 0. The second-order valence-electron chi connectivity index (χ2n) is 16.0. The lowest BCUT2D eigenvalue weighted by atomic mass is 9.76. The first-order valence-corrected chi connectivity index (χ1v) is 20.0. The molecule has 0 bridgehead atoms. The summed E-state index contributed by atoms with van der Waals surface area (Å²) in [5, 5.41) is 16.5. The Kier molecular flexibility index (Phi) is 6.87. The molecular weight excluding hydrogens is 661 g/mol. The van der Waals surface area contributed by atoms with Crippen molar-refractivity contribution in [3.05, 3.63) is 203 Å². The lowest BCUT2D eigenvalue weighted by Crippen LogP contribution is -2.12. The molecule has 0 radical (unpaired) electrons. The highest BCUT2D eigenvalue weighted by Crippen LogP contribution is 2.52. The summed E-state index contributed by atoms with van der Waals surface area (Å²) >= 11 is 0. The van der Waals surface area contributed by atoms with Crippen LogP contribution < -0.4 is 0 Å². The molecule has 0 heteroatoms. The van der Waals surface area contributed by atoms with Crippen molar-refractivity contribution in [1.82, 2.24) is 0 Å². The van der Waals surface area contributed by atoms with Crippen LogP contribution in [0.4, 0.5) is 0 Å². The van der Waals surface area contributed by atoms with Gasteiger partial charge in [0, 0.05) is 0 Å². The second-order valence-corrected chi connectivity index (χ2v) is 16.0. The molecule has 9 aromatic carbocycles. The Balaban J connectivity index is 1.00. The van der Waals surface area contributed by atoms with E-state index in [1.807, 2.05) is 0 Å². The van der Waals surface area contributed by atoms with Gasteiger partial charge in [0.1, 0.15) is 0 Å². The van der Waals surface area contributed by atoms with Crippen LogP contribution >= 0.6 is 0 Å². The molecule has 3 atom stereocenters. The van der Waals surface area contributed by atoms with Crippen molar-refractivity contribution in [3.8, 4) is 0 Å². The third kappa shape index (κ3) is 4.64. The second kappa shape index (κ2) is 12.1. The molecule has 9 aromatic rings. The van der Waals surface area contributed by atoms with E-state index in [-0.39, 0.29) is 0 Å². The zero-order valence-corrected chi connectivity index (χ0v) is 30.7. The van der Waals surface area contributed by atoms with Crippen molar-refractivity contribution in [3.63, 3.8) is 0 Å². The Morgan fingerprint density at radius 2 is 0.491 bits per heavy atom. The fourth-order valence-electron chi connectivity index (χ4n) is 10.9. The first-order chi connectivity index (χ1) is 27.3. The fourth-order valence-corrected chi connectivity index (χ4v) is 10.9. The summed E-state index contributed by atoms with van der Waals surface area (Å²) < 4.78 is 0. The first-order valence-electron chi connectivity index (χ1n) is 20.0. The third-order valence-electron chi connectivity index (χ3n) is 13.2. The van der Waals surface area contributed by atoms with Crippen molar-refractivity contribution in [2.24, 2.45) is 0 Å². The van der Waals surface area contributed by atoms with Gasteiger partial charge in [-0.3, -0.25) is 0 Å². The summed E-state index contributed by atoms with van der Waals surface area (Å²) in [5.74, 6) is 2.64. The average Bonchev–Trinajstić information content (AvgIpc) is 3.99. The van der Waals surface area contributed by atoms with E-state index in [1.165, 1.54) is 98.0 Å². The van der Waals surface area contributed by atoms with Crippen LogP contribution in [-0.4, -0.2) is 0 Å². The largest absolute Gasteiger partial charge is 0.311 e. The van der Waals surface area contributed by atoms with Gasteiger partial charge in [0.15, 0.2) is 0 Å². The van der Waals surface area contributed by atoms with E-state index in [1.54, 1.807) is 5.92 Å². The number of allylic oxidation sites excluding steroid dienone is 3. The Labute approximate surface area is 321 Å². The molecule has 260 valence electrons. The van der Waals surface area contributed by atoms with Crippen molar-refractivity contribution in [2.45, 2.75) is 37.0 Å². The third-order valence-corrected chi connectivity index (χ3v) is 13.2. The maximum absolute atomic E-state index is 2.52. The van der Waals surface area contributed by atoms with E-state index < -0.39 is 0 Å². The van der Waals surface area contributed by atoms with Gasteiger partial charge in [-0.2, -0.15) is 19.3 Å². The average molecular weight is 700 g/mol. The Morgan fingerprint density at radius 3 is 0.764 bits per heavy atom. The molecule has 0 saturated heterocycles. The highest BCUT2D eigenvalue weighted by Gasteiger charge is 2.28. The Hall–Kier alpha value is -6.24. The van der Waals surface area contributed by atoms with Gasteiger partial charge in [-0.15, -0.1) is 0 Å². The van der Waals surface area contributed by atoms with Gasteiger partial charge in [-0.05, 0) is 116 Å². The van der Waals surface area contributed by atoms with Crippen LogP contribution in [0.3, 0.4) is 0 Å². The van der Waals surface area contributed by atoms with Crippen LogP contribution in [0, 0.1) is 5.92 Å². The molecule has 0 spiro atoms. The summed E-state index contributed by atoms with van der Waals surface area (Å²) in [7, 11) is 0. The molecule has 0 aliphatic heterocycles. The minimum Gasteiger partial charge on any atom is -0.311 e. The van der Waals surface area contributed by atoms with E-state index in [4.69, 9.17) is 0 Å². The maximum atomic E-state index is 2.52. The molecule has 0 saturated carbocycles. The molecular formula is C55H39-. The van der Waals surface area contributed by atoms with Gasteiger partial charge in [0.2, 0.25) is 0 Å². The minimum atomic E-state index is 0.330. The van der Waals surface area contributed by atoms with Crippen molar-refractivity contribution >= 4 is 82.9 Å². The predicted molar refractivity (Wildman–Crippen MR) is 237 cm³/mol. The molecule has 3 unspecified atom stereocenters. The van der Waals surface area contributed by atoms with Crippen LogP contribution in [0.1, 0.15) is 70.4 Å². The van der Waals surface area contributed by atoms with Gasteiger partial charge >= 0.3 is 0 Å². The van der Waals surface area contributed by atoms with Crippen LogP contribution in [-0.2, 0) is 0 Å². The molecule has 12 rings (SSSR count). The SMILES string of the molecule is C1=CC(C[C-](CC2C=Cc3c2c2ccccc2c2ccccc32)CC2C=Cc3c2c2ccccc2c2ccccc32)c2c1c1ccccc1c1ccccc21. The fraction of sp³-hybridized carbons (Fsp3) is 0.109. The summed E-state index contributed by atoms with van der Waals surface area (Å²) in [6.45, 7) is 0. The predicted octanol–water partition coefficient (Wildman–Crippen LogP) is 15.1. The topological polar surface area (TPSA) is 0 Å². The molecule has 0 aromatic heterocycles. The Bertz CT molecular complexity index is 2810. The Morgan fingerprint density at radius 1 is 0.273 bits per heavy atom. The molecule has 0 amide bonds. The summed E-state index contributed by atoms with van der Waals surface area (Å²) in [4.78, 5) is 0. The monoisotopic (exact) mass is 699 g/mol. The molecule has 3 aliphatic carbocycles. The molecule has 0 nitrogen and oxygen atoms in total. The van der Waals surface area contributed by atoms with E-state index in [0.717, 1.165) is 19.3 Å². The summed E-state index contributed by atoms with van der Waals surface area (Å²) in [6, 6.07) is 54.3. The van der Waals surface area contributed by atoms with Gasteiger partial charge < -0.3 is 5.92 Å². The van der Waals surface area contributed by atoms with Crippen LogP contribution in [0.25, 0.3) is 82.9 Å². The van der Waals surface area contributed by atoms with Gasteiger partial charge in [-0.1, -0.05) is 182 Å². The lowest BCUT2D eigenvalue weighted by molar-refractivity contribution is 0.581. The van der Waals surface area contributed by atoms with Crippen molar-refractivity contribution < 1.29 is 0 Å². The molecule has 3 aliphatic rings. The minimum absolute atomic E-state index is 0.330. The standard InChI is InChI=1S/C55H39/c1-4-19-44-38(13-1)41-16-7-10-22-47(41)53-35(25-28-50(44)53)31-34(32-36-26-29-51-45-20-5-2-14-39(45)42-17-8-11-23-48(42)54(36)51)33-37-27-30-52-46-21-6-3-15-40(46)43-18-9-12-24-49(43)55(37)52/h1-30,35-37H,31-33H2/q-1. The molecule has 0 heterocycles. The van der Waals surface area contributed by atoms with Gasteiger partial charge in [-0.25, -0.2) is 0 Å². The summed E-state index contributed by atoms with van der Waals surface area (Å²) in [5.41, 5.74) is 8.74. The van der Waals surface area contributed by atoms with E-state index in [0.29, 0.717) is 17.8 Å². The molecule has 55 heavy (non-hydrogen) atoms. The van der Waals surface area contributed by atoms with Crippen LogP contribution in [0.15, 0.2) is 164 Å². The van der Waals surface area contributed by atoms with Gasteiger partial charge in [0.25, 0.3) is 0 Å². The first kappa shape index (κ1) is 31.1. The van der Waals surface area contributed by atoms with E-state index in [9.17, 15) is 0 Å². The summed E-state index contributed by atoms with van der Waals surface area (Å²) in [6.07, 6.45) is 18.0. The van der Waals surface area contributed by atoms with Gasteiger partial charge in [0.05, 0.1) is 0 Å². The number of fused-ring (bicyclic) bond motifs is 18. The van der Waals surface area contributed by atoms with Crippen LogP contribution in [0.5, 0.6) is 0 Å². The molecule has 0 fully saturated rings. The smallest absolute Gasteiger partial charge is 0.00992 e. The molecule has 0 N–H and O–H groups in total. The van der Waals surface area contributed by atoms with Crippen LogP contribution in [0.2, 0.25) is 0 Å². The van der Waals surface area contributed by atoms with E-state index in [2.05, 4.69) is 182 Å². The highest BCUT2D eigenvalue weighted by atomic mass is 14.4. The lowest BCUT2D eigenvalue weighted by Gasteiger charge is -2.38. The normalized spacial score (nSPS) is 18.2. The highest BCUT2D eigenvalue weighted by molar-refractivity contribution is 6.16. The van der Waals surface area contributed by atoms with Crippen molar-refractivity contribution in [1.29, 1.82) is 0 Å². The van der Waals surface area contributed by atoms with E-state index >= 15 is 0 Å². The number of benzene rings is 9.